The highest BCUT2D eigenvalue weighted by atomic mass is 16.4. The van der Waals surface area contributed by atoms with E-state index in [1.54, 1.807) is 6.07 Å². The zero-order valence-corrected chi connectivity index (χ0v) is 9.43. The Labute approximate surface area is 99.1 Å². The number of anilines is 1. The molecule has 0 spiro atoms. The summed E-state index contributed by atoms with van der Waals surface area (Å²) in [4.78, 5) is 21.6. The van der Waals surface area contributed by atoms with Gasteiger partial charge in [-0.1, -0.05) is 25.1 Å². The number of aryl methyl sites for hydroxylation is 1. The molecule has 0 fully saturated rings. The number of carboxylic acid groups (broad SMARTS) is 1. The molecule has 0 heterocycles. The number of carboxylic acids is 1. The van der Waals surface area contributed by atoms with Gasteiger partial charge in [0.15, 0.2) is 0 Å². The van der Waals surface area contributed by atoms with E-state index in [-0.39, 0.29) is 0 Å². The molecule has 0 saturated heterocycles. The van der Waals surface area contributed by atoms with Gasteiger partial charge in [0, 0.05) is 18.0 Å². The van der Waals surface area contributed by atoms with E-state index in [2.05, 4.69) is 10.6 Å². The predicted octanol–water partition coefficient (Wildman–Crippen LogP) is 1.97. The first-order valence-electron chi connectivity index (χ1n) is 5.18. The molecule has 0 atom stereocenters. The van der Waals surface area contributed by atoms with Crippen molar-refractivity contribution in [2.75, 3.05) is 5.32 Å². The molecule has 0 aliphatic carbocycles. The van der Waals surface area contributed by atoms with Crippen LogP contribution in [0.25, 0.3) is 0 Å². The van der Waals surface area contributed by atoms with E-state index >= 15 is 0 Å². The number of urea groups is 1. The number of carbonyl (C=O) groups is 2. The molecule has 0 aromatic heterocycles. The van der Waals surface area contributed by atoms with Gasteiger partial charge in [0.05, 0.1) is 0 Å². The lowest BCUT2D eigenvalue weighted by atomic mass is 10.1. The van der Waals surface area contributed by atoms with Gasteiger partial charge in [-0.25, -0.2) is 9.59 Å². The number of carbonyl (C=O) groups excluding carboxylic acids is 1. The SMILES string of the molecule is CCc1ccccc1NC(=O)N/C=C/C(=O)O. The third-order valence-electron chi connectivity index (χ3n) is 2.09. The maximum atomic E-state index is 11.4. The normalized spacial score (nSPS) is 10.2. The Kier molecular flexibility index (Phi) is 4.75. The number of benzene rings is 1. The van der Waals surface area contributed by atoms with Gasteiger partial charge >= 0.3 is 12.0 Å². The van der Waals surface area contributed by atoms with Crippen LogP contribution < -0.4 is 10.6 Å². The maximum Gasteiger partial charge on any atom is 0.329 e. The van der Waals surface area contributed by atoms with Crippen LogP contribution in [0.4, 0.5) is 10.5 Å². The Hall–Kier alpha value is -2.30. The largest absolute Gasteiger partial charge is 0.478 e. The number of nitrogens with one attached hydrogen (secondary N) is 2. The van der Waals surface area contributed by atoms with Crippen LogP contribution in [0.3, 0.4) is 0 Å². The predicted molar refractivity (Wildman–Crippen MR) is 64.8 cm³/mol. The van der Waals surface area contributed by atoms with Gasteiger partial charge in [0.25, 0.3) is 0 Å². The molecule has 0 aliphatic heterocycles. The molecule has 5 heteroatoms. The first-order chi connectivity index (χ1) is 8.13. The number of para-hydroxylation sites is 1. The summed E-state index contributed by atoms with van der Waals surface area (Å²) in [7, 11) is 0. The third-order valence-corrected chi connectivity index (χ3v) is 2.09. The summed E-state index contributed by atoms with van der Waals surface area (Å²) < 4.78 is 0. The lowest BCUT2D eigenvalue weighted by Gasteiger charge is -2.08. The van der Waals surface area contributed by atoms with Crippen LogP contribution >= 0.6 is 0 Å². The van der Waals surface area contributed by atoms with Gasteiger partial charge in [-0.15, -0.1) is 0 Å². The number of rotatable bonds is 4. The van der Waals surface area contributed by atoms with Crippen LogP contribution in [-0.4, -0.2) is 17.1 Å². The van der Waals surface area contributed by atoms with Crippen molar-refractivity contribution in [2.45, 2.75) is 13.3 Å². The number of hydrogen-bond acceptors (Lipinski definition) is 2. The first-order valence-corrected chi connectivity index (χ1v) is 5.18. The second kappa shape index (κ2) is 6.32. The van der Waals surface area contributed by atoms with Gasteiger partial charge in [0.2, 0.25) is 0 Å². The summed E-state index contributed by atoms with van der Waals surface area (Å²) in [5, 5.41) is 13.3. The number of aliphatic carboxylic acids is 1. The van der Waals surface area contributed by atoms with E-state index in [0.29, 0.717) is 0 Å². The van der Waals surface area contributed by atoms with Crippen LogP contribution in [0.2, 0.25) is 0 Å². The fourth-order valence-electron chi connectivity index (χ4n) is 1.30. The van der Waals surface area contributed by atoms with Crippen LogP contribution in [0.5, 0.6) is 0 Å². The second-order valence-corrected chi connectivity index (χ2v) is 3.28. The fraction of sp³-hybridized carbons (Fsp3) is 0.167. The quantitative estimate of drug-likeness (QED) is 0.697. The summed E-state index contributed by atoms with van der Waals surface area (Å²) in [6.07, 6.45) is 2.74. The molecule has 1 aromatic rings. The summed E-state index contributed by atoms with van der Waals surface area (Å²) in [6.45, 7) is 1.99. The molecular formula is C12H14N2O3. The first kappa shape index (κ1) is 12.8. The van der Waals surface area contributed by atoms with Gasteiger partial charge < -0.3 is 15.7 Å². The molecule has 0 bridgehead atoms. The van der Waals surface area contributed by atoms with Gasteiger partial charge in [0.1, 0.15) is 0 Å². The highest BCUT2D eigenvalue weighted by Gasteiger charge is 2.03. The molecule has 17 heavy (non-hydrogen) atoms. The minimum Gasteiger partial charge on any atom is -0.478 e. The second-order valence-electron chi connectivity index (χ2n) is 3.28. The average Bonchev–Trinajstić information content (AvgIpc) is 2.29. The minimum atomic E-state index is -1.11. The molecule has 0 radical (unpaired) electrons. The average molecular weight is 234 g/mol. The molecule has 0 saturated carbocycles. The lowest BCUT2D eigenvalue weighted by Crippen LogP contribution is -2.24. The molecule has 0 unspecified atom stereocenters. The minimum absolute atomic E-state index is 0.469. The van der Waals surface area contributed by atoms with Crippen molar-refractivity contribution >= 4 is 17.7 Å². The Morgan fingerprint density at radius 2 is 2.06 bits per heavy atom. The van der Waals surface area contributed by atoms with Gasteiger partial charge in [-0.2, -0.15) is 0 Å². The Morgan fingerprint density at radius 1 is 1.35 bits per heavy atom. The maximum absolute atomic E-state index is 11.4. The van der Waals surface area contributed by atoms with Crippen molar-refractivity contribution in [3.05, 3.63) is 42.1 Å². The van der Waals surface area contributed by atoms with Crippen molar-refractivity contribution in [2.24, 2.45) is 0 Å². The van der Waals surface area contributed by atoms with Crippen molar-refractivity contribution in [1.29, 1.82) is 0 Å². The topological polar surface area (TPSA) is 78.4 Å². The number of hydrogen-bond donors (Lipinski definition) is 3. The summed E-state index contributed by atoms with van der Waals surface area (Å²) >= 11 is 0. The summed E-state index contributed by atoms with van der Waals surface area (Å²) in [5.41, 5.74) is 1.74. The van der Waals surface area contributed by atoms with Crippen molar-refractivity contribution in [3.63, 3.8) is 0 Å². The Balaban J connectivity index is 2.59. The third kappa shape index (κ3) is 4.38. The molecule has 3 N–H and O–H groups in total. The Morgan fingerprint density at radius 3 is 2.71 bits per heavy atom. The smallest absolute Gasteiger partial charge is 0.329 e. The highest BCUT2D eigenvalue weighted by Crippen LogP contribution is 2.14. The molecule has 90 valence electrons. The van der Waals surface area contributed by atoms with Crippen LogP contribution in [0.1, 0.15) is 12.5 Å². The zero-order valence-electron chi connectivity index (χ0n) is 9.43. The van der Waals surface area contributed by atoms with E-state index in [1.165, 1.54) is 0 Å². The van der Waals surface area contributed by atoms with Gasteiger partial charge in [-0.05, 0) is 18.1 Å². The highest BCUT2D eigenvalue weighted by molar-refractivity contribution is 5.91. The van der Waals surface area contributed by atoms with E-state index in [4.69, 9.17) is 5.11 Å². The molecule has 1 rings (SSSR count). The fourth-order valence-corrected chi connectivity index (χ4v) is 1.30. The van der Waals surface area contributed by atoms with Crippen LogP contribution in [0.15, 0.2) is 36.5 Å². The van der Waals surface area contributed by atoms with E-state index < -0.39 is 12.0 Å². The van der Waals surface area contributed by atoms with Crippen molar-refractivity contribution < 1.29 is 14.7 Å². The van der Waals surface area contributed by atoms with E-state index in [0.717, 1.165) is 29.9 Å². The Bertz CT molecular complexity index is 441. The lowest BCUT2D eigenvalue weighted by molar-refractivity contribution is -0.131. The standard InChI is InChI=1S/C12H14N2O3/c1-2-9-5-3-4-6-10(9)14-12(17)13-8-7-11(15)16/h3-8H,2H2,1H3,(H,15,16)(H2,13,14,17)/b8-7+. The molecule has 1 aromatic carbocycles. The number of amides is 2. The van der Waals surface area contributed by atoms with Crippen molar-refractivity contribution in [1.82, 2.24) is 5.32 Å². The summed E-state index contributed by atoms with van der Waals surface area (Å²) in [5.74, 6) is -1.11. The zero-order chi connectivity index (χ0) is 12.7. The van der Waals surface area contributed by atoms with E-state index in [1.807, 2.05) is 25.1 Å². The van der Waals surface area contributed by atoms with Crippen LogP contribution in [-0.2, 0) is 11.2 Å². The van der Waals surface area contributed by atoms with E-state index in [9.17, 15) is 9.59 Å². The molecule has 5 nitrogen and oxygen atoms in total. The van der Waals surface area contributed by atoms with Crippen LogP contribution in [0, 0.1) is 0 Å². The van der Waals surface area contributed by atoms with Crippen molar-refractivity contribution in [3.8, 4) is 0 Å². The molecular weight excluding hydrogens is 220 g/mol. The molecule has 0 aliphatic rings. The summed E-state index contributed by atoms with van der Waals surface area (Å²) in [6, 6.07) is 6.96. The van der Waals surface area contributed by atoms with Gasteiger partial charge in [-0.3, -0.25) is 0 Å². The monoisotopic (exact) mass is 234 g/mol. The molecule has 2 amide bonds.